The Morgan fingerprint density at radius 1 is 0.875 bits per heavy atom. The van der Waals surface area contributed by atoms with Crippen molar-refractivity contribution < 1.29 is 67.4 Å². The summed E-state index contributed by atoms with van der Waals surface area (Å²) in [6.45, 7) is 1.99. The minimum Gasteiger partial charge on any atom is -0.508 e. The second kappa shape index (κ2) is 20.2. The van der Waals surface area contributed by atoms with Crippen LogP contribution in [0.1, 0.15) is 84.3 Å². The normalized spacial score (nSPS) is 12.8. The third kappa shape index (κ3) is 10.7. The fourth-order valence-corrected chi connectivity index (χ4v) is 6.97. The van der Waals surface area contributed by atoms with E-state index in [0.29, 0.717) is 48.9 Å². The number of nitro benzene ring substituents is 1. The number of phenolic OH excluding ortho intramolecular Hbond substituents is 1. The lowest BCUT2D eigenvalue weighted by Crippen LogP contribution is -2.32. The van der Waals surface area contributed by atoms with E-state index in [2.05, 4.69) is 15.5 Å². The Balaban J connectivity index is 0.948. The Bertz CT molecular complexity index is 2660. The molecule has 20 nitrogen and oxygen atoms in total. The smallest absolute Gasteiger partial charge is 0.508 e. The number of imide groups is 1. The lowest BCUT2D eigenvalue weighted by atomic mass is 9.89. The van der Waals surface area contributed by atoms with Crippen LogP contribution in [0.5, 0.6) is 17.2 Å². The molecule has 1 aliphatic carbocycles. The quantitative estimate of drug-likeness (QED) is 0.0184. The lowest BCUT2D eigenvalue weighted by molar-refractivity contribution is -0.386. The van der Waals surface area contributed by atoms with E-state index in [1.807, 2.05) is 0 Å². The van der Waals surface area contributed by atoms with Crippen molar-refractivity contribution in [2.75, 3.05) is 26.8 Å². The van der Waals surface area contributed by atoms with Gasteiger partial charge in [0.25, 0.3) is 23.4 Å². The molecule has 1 fully saturated rings. The molecule has 334 valence electrons. The Morgan fingerprint density at radius 3 is 2.31 bits per heavy atom. The van der Waals surface area contributed by atoms with Gasteiger partial charge in [0.2, 0.25) is 5.91 Å². The number of benzene rings is 4. The minimum atomic E-state index is -1.41. The molecule has 4 N–H and O–H groups in total. The van der Waals surface area contributed by atoms with Gasteiger partial charge in [-0.1, -0.05) is 5.06 Å². The molecule has 1 atom stereocenters. The number of methoxy groups -OCH3 is 1. The molecule has 0 radical (unpaired) electrons. The highest BCUT2D eigenvalue weighted by Gasteiger charge is 2.35. The van der Waals surface area contributed by atoms with Crippen LogP contribution in [0.4, 0.5) is 10.5 Å². The van der Waals surface area contributed by atoms with Crippen molar-refractivity contribution in [2.45, 2.75) is 58.0 Å². The summed E-state index contributed by atoms with van der Waals surface area (Å²) in [7, 11) is 1.30. The van der Waals surface area contributed by atoms with Crippen LogP contribution in [0.2, 0.25) is 0 Å². The molecule has 2 aliphatic heterocycles. The SMILES string of the molecule is COc1cc(C(C)OC(=O)ON2C(=O)CCC2=O)c([N+](=O)[O-])cc1OCCCC(=O)NCCCCCNC(=O)c1ccc(C(=O)O)c(-c2c3ccc(=O)cc-3oc3cc(O)ccc23)c1. The lowest BCUT2D eigenvalue weighted by Gasteiger charge is -2.18. The van der Waals surface area contributed by atoms with Crippen molar-refractivity contribution in [1.82, 2.24) is 15.7 Å². The van der Waals surface area contributed by atoms with Gasteiger partial charge < -0.3 is 39.5 Å². The summed E-state index contributed by atoms with van der Waals surface area (Å²) in [4.78, 5) is 102. The molecular weight excluding hydrogens is 840 g/mol. The van der Waals surface area contributed by atoms with Crippen molar-refractivity contribution in [3.63, 3.8) is 0 Å². The monoisotopic (exact) mass is 882 g/mol. The van der Waals surface area contributed by atoms with Gasteiger partial charge >= 0.3 is 12.1 Å². The topological polar surface area (TPSA) is 280 Å². The zero-order chi connectivity index (χ0) is 46.1. The summed E-state index contributed by atoms with van der Waals surface area (Å²) in [5.74, 6) is -3.22. The third-order valence-electron chi connectivity index (χ3n) is 10.1. The molecule has 0 spiro atoms. The van der Waals surface area contributed by atoms with Gasteiger partial charge in [-0.3, -0.25) is 38.9 Å². The first-order valence-electron chi connectivity index (χ1n) is 20.0. The number of carboxylic acid groups (broad SMARTS) is 1. The van der Waals surface area contributed by atoms with Gasteiger partial charge in [0.15, 0.2) is 16.9 Å². The second-order valence-electron chi connectivity index (χ2n) is 14.5. The van der Waals surface area contributed by atoms with Crippen LogP contribution in [0.3, 0.4) is 0 Å². The highest BCUT2D eigenvalue weighted by molar-refractivity contribution is 6.09. The van der Waals surface area contributed by atoms with Crippen molar-refractivity contribution in [3.05, 3.63) is 104 Å². The molecular formula is C44H42N4O16. The number of hydrogen-bond acceptors (Lipinski definition) is 15. The van der Waals surface area contributed by atoms with Gasteiger partial charge in [0.05, 0.1) is 35.8 Å². The van der Waals surface area contributed by atoms with E-state index in [0.717, 1.165) is 6.07 Å². The number of unbranched alkanes of at least 4 members (excludes halogenated alkanes) is 2. The molecule has 2 heterocycles. The molecule has 3 aromatic rings. The summed E-state index contributed by atoms with van der Waals surface area (Å²) in [5.41, 5.74) is 0.506. The number of hydrogen-bond donors (Lipinski definition) is 4. The van der Waals surface area contributed by atoms with Crippen LogP contribution < -0.4 is 25.5 Å². The van der Waals surface area contributed by atoms with Gasteiger partial charge in [-0.15, -0.1) is 0 Å². The number of carbonyl (C=O) groups excluding carboxylic acids is 5. The van der Waals surface area contributed by atoms with E-state index in [-0.39, 0.29) is 99.5 Å². The van der Waals surface area contributed by atoms with Gasteiger partial charge in [-0.05, 0) is 86.7 Å². The van der Waals surface area contributed by atoms with Crippen LogP contribution in [0, 0.1) is 10.1 Å². The fourth-order valence-electron chi connectivity index (χ4n) is 6.97. The molecule has 0 bridgehead atoms. The molecule has 1 unspecified atom stereocenters. The standard InChI is InChI=1S/C44H42N4O16/c1-24(62-44(57)64-47-39(52)14-15-40(47)53)31-22-36(60-2)37(23-33(31)48(58)59)61-18-6-7-38(51)45-16-4-3-5-17-46-42(54)25-8-11-28(43(55)56)32(19-25)41-29-12-9-26(49)20-34(29)63-35-21-27(50)10-13-30(35)41/h8-13,19-24,49H,3-7,14-18H2,1-2H3,(H,45,51)(H,46,54)(H,55,56). The molecule has 3 aliphatic rings. The first kappa shape index (κ1) is 45.5. The van der Waals surface area contributed by atoms with E-state index in [1.165, 1.54) is 68.6 Å². The second-order valence-corrected chi connectivity index (χ2v) is 14.5. The van der Waals surface area contributed by atoms with Gasteiger partial charge in [-0.25, -0.2) is 9.59 Å². The predicted molar refractivity (Wildman–Crippen MR) is 224 cm³/mol. The molecule has 1 saturated heterocycles. The van der Waals surface area contributed by atoms with E-state index in [9.17, 15) is 53.9 Å². The van der Waals surface area contributed by atoms with Gasteiger partial charge in [0, 0.05) is 66.6 Å². The average Bonchev–Trinajstić information content (AvgIpc) is 3.57. The maximum atomic E-state index is 13.2. The summed E-state index contributed by atoms with van der Waals surface area (Å²) < 4.78 is 22.0. The summed E-state index contributed by atoms with van der Waals surface area (Å²) in [5, 5.41) is 38.5. The number of aromatic hydroxyl groups is 1. The maximum absolute atomic E-state index is 13.2. The minimum absolute atomic E-state index is 0.00204. The number of rotatable bonds is 19. The Labute approximate surface area is 363 Å². The van der Waals surface area contributed by atoms with Crippen molar-refractivity contribution in [2.24, 2.45) is 0 Å². The molecule has 6 rings (SSSR count). The number of phenols is 1. The molecule has 4 amide bonds. The molecule has 64 heavy (non-hydrogen) atoms. The number of carbonyl (C=O) groups is 6. The van der Waals surface area contributed by atoms with Crippen LogP contribution >= 0.6 is 0 Å². The highest BCUT2D eigenvalue weighted by atomic mass is 16.8. The van der Waals surface area contributed by atoms with E-state index in [1.54, 1.807) is 6.07 Å². The number of aromatic carboxylic acids is 1. The number of hydroxylamine groups is 2. The van der Waals surface area contributed by atoms with Gasteiger partial charge in [-0.2, -0.15) is 0 Å². The highest BCUT2D eigenvalue weighted by Crippen LogP contribution is 2.43. The fraction of sp³-hybridized carbons (Fsp3) is 0.295. The molecule has 0 saturated carbocycles. The number of amides is 4. The Kier molecular flexibility index (Phi) is 14.4. The van der Waals surface area contributed by atoms with Crippen LogP contribution in [-0.4, -0.2) is 82.8 Å². The summed E-state index contributed by atoms with van der Waals surface area (Å²) in [6, 6.07) is 15.0. The average molecular weight is 883 g/mol. The molecule has 0 aromatic heterocycles. The number of nitrogens with zero attached hydrogens (tertiary/aromatic N) is 2. The third-order valence-corrected chi connectivity index (χ3v) is 10.1. The largest absolute Gasteiger partial charge is 0.534 e. The van der Waals surface area contributed by atoms with E-state index >= 15 is 0 Å². The van der Waals surface area contributed by atoms with Gasteiger partial charge in [0.1, 0.15) is 23.2 Å². The van der Waals surface area contributed by atoms with Crippen LogP contribution in [0.25, 0.3) is 33.4 Å². The van der Waals surface area contributed by atoms with Crippen LogP contribution in [-0.2, 0) is 24.0 Å². The number of nitrogens with one attached hydrogen (secondary N) is 2. The number of fused-ring (bicyclic) bond motifs is 2. The van der Waals surface area contributed by atoms with E-state index in [4.69, 9.17) is 18.6 Å². The zero-order valence-corrected chi connectivity index (χ0v) is 34.5. The molecule has 3 aromatic carbocycles. The first-order valence-corrected chi connectivity index (χ1v) is 20.0. The number of carboxylic acids is 1. The summed E-state index contributed by atoms with van der Waals surface area (Å²) in [6.07, 6.45) is -0.753. The first-order chi connectivity index (χ1) is 30.6. The Hall–Kier alpha value is -8.03. The zero-order valence-electron chi connectivity index (χ0n) is 34.5. The van der Waals surface area contributed by atoms with Crippen molar-refractivity contribution in [1.29, 1.82) is 0 Å². The van der Waals surface area contributed by atoms with Crippen LogP contribution in [0.15, 0.2) is 75.9 Å². The summed E-state index contributed by atoms with van der Waals surface area (Å²) >= 11 is 0. The molecule has 20 heteroatoms. The Morgan fingerprint density at radius 2 is 1.61 bits per heavy atom. The predicted octanol–water partition coefficient (Wildman–Crippen LogP) is 6.04. The van der Waals surface area contributed by atoms with Crippen molar-refractivity contribution >= 4 is 52.4 Å². The van der Waals surface area contributed by atoms with E-state index < -0.39 is 46.6 Å². The maximum Gasteiger partial charge on any atom is 0.534 e. The number of nitro groups is 1. The number of ether oxygens (including phenoxy) is 3. The van der Waals surface area contributed by atoms with Crippen molar-refractivity contribution in [3.8, 4) is 39.7 Å².